The molecule has 10 heteroatoms. The van der Waals surface area contributed by atoms with Gasteiger partial charge in [-0.3, -0.25) is 0 Å². The maximum atomic E-state index is 15.2. The van der Waals surface area contributed by atoms with E-state index in [4.69, 9.17) is 4.74 Å². The summed E-state index contributed by atoms with van der Waals surface area (Å²) in [5, 5.41) is 32.8. The van der Waals surface area contributed by atoms with E-state index in [1.807, 2.05) is 22.6 Å². The van der Waals surface area contributed by atoms with E-state index in [9.17, 15) is 15.5 Å². The molecule has 0 amide bonds. The Labute approximate surface area is 137 Å². The number of nitrogens with zero attached hydrogens (tertiary/aromatic N) is 5. The lowest BCUT2D eigenvalue weighted by atomic mass is 9.82. The molecule has 2 aromatic rings. The van der Waals surface area contributed by atoms with Gasteiger partial charge < -0.3 is 14.9 Å². The summed E-state index contributed by atoms with van der Waals surface area (Å²) in [6, 6.07) is 1.78. The number of ether oxygens (including phenoxy) is 1. The van der Waals surface area contributed by atoms with Crippen molar-refractivity contribution < 1.29 is 19.3 Å². The second-order valence-electron chi connectivity index (χ2n) is 5.08. The van der Waals surface area contributed by atoms with Gasteiger partial charge in [0.2, 0.25) is 5.60 Å². The van der Waals surface area contributed by atoms with E-state index in [2.05, 4.69) is 15.1 Å². The number of aliphatic hydroxyl groups is 2. The Hall–Kier alpha value is -1.42. The topological polar surface area (TPSA) is 117 Å². The van der Waals surface area contributed by atoms with E-state index in [-0.39, 0.29) is 5.69 Å². The summed E-state index contributed by atoms with van der Waals surface area (Å²) in [5.74, 6) is 0. The first-order valence-corrected chi connectivity index (χ1v) is 7.38. The molecule has 0 saturated carbocycles. The monoisotopic (exact) mass is 419 g/mol. The van der Waals surface area contributed by atoms with Crippen molar-refractivity contribution in [2.75, 3.05) is 6.61 Å². The fourth-order valence-electron chi connectivity index (χ4n) is 2.63. The van der Waals surface area contributed by atoms with Crippen LogP contribution in [0.5, 0.6) is 0 Å². The van der Waals surface area contributed by atoms with Gasteiger partial charge in [-0.1, -0.05) is 0 Å². The summed E-state index contributed by atoms with van der Waals surface area (Å²) in [5.41, 5.74) is -4.22. The molecule has 0 aliphatic carbocycles. The minimum absolute atomic E-state index is 0.0327. The molecule has 0 radical (unpaired) electrons. The number of imidazole rings is 1. The number of rotatable bonds is 2. The molecule has 1 saturated heterocycles. The summed E-state index contributed by atoms with van der Waals surface area (Å²) >= 11 is 1.93. The normalized spacial score (nSPS) is 34.9. The van der Waals surface area contributed by atoms with Crippen LogP contribution >= 0.6 is 22.6 Å². The van der Waals surface area contributed by atoms with Gasteiger partial charge in [-0.15, -0.1) is 0 Å². The molecule has 8 nitrogen and oxygen atoms in total. The first kappa shape index (κ1) is 15.5. The summed E-state index contributed by atoms with van der Waals surface area (Å²) in [6.45, 7) is 0.440. The molecule has 0 spiro atoms. The van der Waals surface area contributed by atoms with Crippen molar-refractivity contribution in [1.29, 1.82) is 5.26 Å². The van der Waals surface area contributed by atoms with Gasteiger partial charge in [0.15, 0.2) is 11.3 Å². The summed E-state index contributed by atoms with van der Waals surface area (Å²) in [6.07, 6.45) is -0.375. The zero-order valence-electron chi connectivity index (χ0n) is 11.3. The third-order valence-electron chi connectivity index (χ3n) is 3.88. The Morgan fingerprint density at radius 3 is 2.91 bits per heavy atom. The number of fused-ring (bicyclic) bond motifs is 1. The maximum Gasteiger partial charge on any atom is 0.235 e. The average molecular weight is 419 g/mol. The zero-order valence-corrected chi connectivity index (χ0v) is 13.5. The lowest BCUT2D eigenvalue weighted by molar-refractivity contribution is -0.0719. The third-order valence-corrected chi connectivity index (χ3v) is 4.64. The SMILES string of the molecule is C[C@@]1(F)[C@H](O)[C@@H](CO)O[C@@]1(C#N)c1cnc2c(I)ncnn12. The van der Waals surface area contributed by atoms with Crippen LogP contribution in [0.15, 0.2) is 12.5 Å². The van der Waals surface area contributed by atoms with Gasteiger partial charge in [0.05, 0.1) is 12.8 Å². The highest BCUT2D eigenvalue weighted by molar-refractivity contribution is 14.1. The van der Waals surface area contributed by atoms with Crippen LogP contribution in [0.2, 0.25) is 0 Å². The molecule has 3 heterocycles. The van der Waals surface area contributed by atoms with Gasteiger partial charge in [-0.25, -0.2) is 18.9 Å². The molecule has 116 valence electrons. The van der Waals surface area contributed by atoms with Gasteiger partial charge >= 0.3 is 0 Å². The number of halogens is 2. The van der Waals surface area contributed by atoms with Crippen molar-refractivity contribution in [3.63, 3.8) is 0 Å². The largest absolute Gasteiger partial charge is 0.394 e. The number of alkyl halides is 1. The first-order valence-electron chi connectivity index (χ1n) is 6.30. The quantitative estimate of drug-likeness (QED) is 0.655. The lowest BCUT2D eigenvalue weighted by Gasteiger charge is -2.30. The predicted octanol–water partition coefficient (Wildman–Crippen LogP) is -0.0720. The number of aromatic nitrogens is 4. The number of hydrogen-bond donors (Lipinski definition) is 2. The second kappa shape index (κ2) is 5.05. The first-order chi connectivity index (χ1) is 10.4. The van der Waals surface area contributed by atoms with Crippen LogP contribution in [0.3, 0.4) is 0 Å². The van der Waals surface area contributed by atoms with Gasteiger partial charge in [0.25, 0.3) is 0 Å². The van der Waals surface area contributed by atoms with Crippen LogP contribution in [-0.4, -0.2) is 54.3 Å². The Kier molecular flexibility index (Phi) is 3.55. The number of hydrogen-bond acceptors (Lipinski definition) is 7. The van der Waals surface area contributed by atoms with Crippen LogP contribution in [0.25, 0.3) is 5.65 Å². The van der Waals surface area contributed by atoms with Crippen LogP contribution in [-0.2, 0) is 10.3 Å². The summed E-state index contributed by atoms with van der Waals surface area (Å²) in [7, 11) is 0. The fraction of sp³-hybridized carbons (Fsp3) is 0.500. The smallest absolute Gasteiger partial charge is 0.235 e. The van der Waals surface area contributed by atoms with E-state index in [1.165, 1.54) is 17.0 Å². The number of aliphatic hydroxyl groups excluding tert-OH is 2. The van der Waals surface area contributed by atoms with Crippen LogP contribution in [0.1, 0.15) is 12.6 Å². The fourth-order valence-corrected chi connectivity index (χ4v) is 3.13. The molecular formula is C12H11FIN5O3. The maximum absolute atomic E-state index is 15.2. The highest BCUT2D eigenvalue weighted by Gasteiger charge is 2.67. The summed E-state index contributed by atoms with van der Waals surface area (Å²) < 4.78 is 22.3. The van der Waals surface area contributed by atoms with E-state index in [1.54, 1.807) is 6.07 Å². The van der Waals surface area contributed by atoms with Gasteiger partial charge in [0, 0.05) is 0 Å². The van der Waals surface area contributed by atoms with Crippen molar-refractivity contribution in [3.05, 3.63) is 21.9 Å². The second-order valence-corrected chi connectivity index (χ2v) is 6.10. The molecule has 4 atom stereocenters. The molecule has 2 aromatic heterocycles. The molecule has 3 rings (SSSR count). The molecule has 1 aliphatic heterocycles. The molecular weight excluding hydrogens is 408 g/mol. The minimum atomic E-state index is -2.46. The summed E-state index contributed by atoms with van der Waals surface area (Å²) in [4.78, 5) is 8.05. The molecule has 1 aliphatic rings. The van der Waals surface area contributed by atoms with Crippen LogP contribution in [0, 0.1) is 15.0 Å². The standard InChI is InChI=1S/C12H11FIN5O3/c1-11(13)8(21)6(3-20)22-12(11,4-15)7-2-16-10-9(14)17-5-18-19(7)10/h2,5-6,8,20-21H,3H2,1H3/t6-,8-,11-,12+/m1/s1. The van der Waals surface area contributed by atoms with Gasteiger partial charge in [-0.05, 0) is 29.5 Å². The minimum Gasteiger partial charge on any atom is -0.394 e. The van der Waals surface area contributed by atoms with E-state index in [0.29, 0.717) is 9.35 Å². The highest BCUT2D eigenvalue weighted by Crippen LogP contribution is 2.49. The van der Waals surface area contributed by atoms with Crippen molar-refractivity contribution in [1.82, 2.24) is 19.6 Å². The Morgan fingerprint density at radius 2 is 2.32 bits per heavy atom. The zero-order chi connectivity index (χ0) is 16.1. The lowest BCUT2D eigenvalue weighted by Crippen LogP contribution is -2.48. The van der Waals surface area contributed by atoms with Crippen LogP contribution < -0.4 is 0 Å². The van der Waals surface area contributed by atoms with Crippen molar-refractivity contribution in [2.24, 2.45) is 0 Å². The average Bonchev–Trinajstić information content (AvgIpc) is 3.01. The Morgan fingerprint density at radius 1 is 1.59 bits per heavy atom. The predicted molar refractivity (Wildman–Crippen MR) is 78.3 cm³/mol. The van der Waals surface area contributed by atoms with Crippen molar-refractivity contribution >= 4 is 28.2 Å². The van der Waals surface area contributed by atoms with E-state index in [0.717, 1.165) is 6.92 Å². The molecule has 0 unspecified atom stereocenters. The van der Waals surface area contributed by atoms with Gasteiger partial charge in [0.1, 0.15) is 34.0 Å². The Balaban J connectivity index is 2.27. The molecule has 0 bridgehead atoms. The molecule has 2 N–H and O–H groups in total. The van der Waals surface area contributed by atoms with Crippen LogP contribution in [0.4, 0.5) is 4.39 Å². The Bertz CT molecular complexity index is 776. The highest BCUT2D eigenvalue weighted by atomic mass is 127. The molecule has 22 heavy (non-hydrogen) atoms. The van der Waals surface area contributed by atoms with E-state index >= 15 is 4.39 Å². The van der Waals surface area contributed by atoms with Crippen molar-refractivity contribution in [2.45, 2.75) is 30.4 Å². The molecule has 0 aromatic carbocycles. The van der Waals surface area contributed by atoms with Gasteiger partial charge in [-0.2, -0.15) is 10.4 Å². The molecule has 1 fully saturated rings. The number of nitriles is 1. The van der Waals surface area contributed by atoms with E-state index < -0.39 is 30.1 Å². The third kappa shape index (κ3) is 1.79. The van der Waals surface area contributed by atoms with Crippen molar-refractivity contribution in [3.8, 4) is 6.07 Å².